The highest BCUT2D eigenvalue weighted by Gasteiger charge is 2.16. The minimum Gasteiger partial charge on any atom is -0.481 e. The van der Waals surface area contributed by atoms with Crippen molar-refractivity contribution in [2.24, 2.45) is 0 Å². The molecule has 0 bridgehead atoms. The zero-order valence-corrected chi connectivity index (χ0v) is 16.9. The fourth-order valence-corrected chi connectivity index (χ4v) is 3.87. The van der Waals surface area contributed by atoms with Crippen LogP contribution in [0.1, 0.15) is 28.6 Å². The van der Waals surface area contributed by atoms with E-state index in [1.807, 2.05) is 63.2 Å². The minimum atomic E-state index is -0.562. The molecule has 2 aromatic carbocycles. The SMILES string of the molecule is Cc1cc(C)cc(OC(C)C(=O)NCc2sc(-c3ccccc3)nc2C)c1. The van der Waals surface area contributed by atoms with Crippen LogP contribution in [0.15, 0.2) is 48.5 Å². The Labute approximate surface area is 164 Å². The molecule has 0 fully saturated rings. The van der Waals surface area contributed by atoms with E-state index in [1.54, 1.807) is 18.3 Å². The number of nitrogens with zero attached hydrogens (tertiary/aromatic N) is 1. The van der Waals surface area contributed by atoms with E-state index in [0.717, 1.165) is 38.0 Å². The molecule has 0 saturated heterocycles. The molecule has 0 spiro atoms. The standard InChI is InChI=1S/C22H24N2O2S/c1-14-10-15(2)12-19(11-14)26-17(4)21(25)23-13-20-16(3)24-22(27-20)18-8-6-5-7-9-18/h5-12,17H,13H2,1-4H3,(H,23,25). The number of thiazole rings is 1. The van der Waals surface area contributed by atoms with Crippen LogP contribution in [0.3, 0.4) is 0 Å². The molecule has 0 radical (unpaired) electrons. The van der Waals surface area contributed by atoms with Gasteiger partial charge in [0.1, 0.15) is 10.8 Å². The molecule has 0 aliphatic heterocycles. The third kappa shape index (κ3) is 4.95. The van der Waals surface area contributed by atoms with Crippen LogP contribution >= 0.6 is 11.3 Å². The maximum Gasteiger partial charge on any atom is 0.261 e. The highest BCUT2D eigenvalue weighted by Crippen LogP contribution is 2.27. The molecule has 4 nitrogen and oxygen atoms in total. The van der Waals surface area contributed by atoms with E-state index in [0.29, 0.717) is 6.54 Å². The molecule has 27 heavy (non-hydrogen) atoms. The summed E-state index contributed by atoms with van der Waals surface area (Å²) in [7, 11) is 0. The first-order valence-corrected chi connectivity index (χ1v) is 9.78. The van der Waals surface area contributed by atoms with Crippen LogP contribution in [0.5, 0.6) is 5.75 Å². The summed E-state index contributed by atoms with van der Waals surface area (Å²) in [5.74, 6) is 0.582. The van der Waals surface area contributed by atoms with Crippen LogP contribution in [0, 0.1) is 20.8 Å². The van der Waals surface area contributed by atoms with Gasteiger partial charge in [0, 0.05) is 10.4 Å². The smallest absolute Gasteiger partial charge is 0.261 e. The summed E-state index contributed by atoms with van der Waals surface area (Å²) in [5.41, 5.74) is 4.27. The summed E-state index contributed by atoms with van der Waals surface area (Å²) in [4.78, 5) is 18.1. The summed E-state index contributed by atoms with van der Waals surface area (Å²) in [5, 5.41) is 3.93. The van der Waals surface area contributed by atoms with Crippen LogP contribution in [0.4, 0.5) is 0 Å². The van der Waals surface area contributed by atoms with Crippen LogP contribution in [-0.2, 0) is 11.3 Å². The summed E-state index contributed by atoms with van der Waals surface area (Å²) in [6, 6.07) is 16.0. The topological polar surface area (TPSA) is 51.2 Å². The normalized spacial score (nSPS) is 11.9. The van der Waals surface area contributed by atoms with Crippen molar-refractivity contribution >= 4 is 17.2 Å². The summed E-state index contributed by atoms with van der Waals surface area (Å²) >= 11 is 1.61. The number of aryl methyl sites for hydroxylation is 3. The van der Waals surface area contributed by atoms with E-state index in [4.69, 9.17) is 4.74 Å². The van der Waals surface area contributed by atoms with E-state index in [9.17, 15) is 4.79 Å². The van der Waals surface area contributed by atoms with Crippen LogP contribution in [0.2, 0.25) is 0 Å². The first-order valence-electron chi connectivity index (χ1n) is 8.97. The number of ether oxygens (including phenoxy) is 1. The van der Waals surface area contributed by atoms with Gasteiger partial charge in [-0.3, -0.25) is 4.79 Å². The monoisotopic (exact) mass is 380 g/mol. The second-order valence-electron chi connectivity index (χ2n) is 6.69. The Hall–Kier alpha value is -2.66. The van der Waals surface area contributed by atoms with Crippen LogP contribution in [0.25, 0.3) is 10.6 Å². The molecule has 0 aliphatic rings. The average Bonchev–Trinajstić information content (AvgIpc) is 3.00. The Morgan fingerprint density at radius 3 is 2.44 bits per heavy atom. The van der Waals surface area contributed by atoms with E-state index in [-0.39, 0.29) is 5.91 Å². The summed E-state index contributed by atoms with van der Waals surface area (Å²) < 4.78 is 5.81. The maximum absolute atomic E-state index is 12.4. The number of rotatable bonds is 6. The largest absolute Gasteiger partial charge is 0.481 e. The van der Waals surface area contributed by atoms with Crippen LogP contribution < -0.4 is 10.1 Å². The molecule has 0 saturated carbocycles. The Morgan fingerprint density at radius 2 is 1.78 bits per heavy atom. The molecule has 1 heterocycles. The molecular formula is C22H24N2O2S. The van der Waals surface area contributed by atoms with Crippen molar-refractivity contribution in [2.75, 3.05) is 0 Å². The average molecular weight is 381 g/mol. The maximum atomic E-state index is 12.4. The van der Waals surface area contributed by atoms with Crippen molar-refractivity contribution in [3.05, 3.63) is 70.2 Å². The third-order valence-electron chi connectivity index (χ3n) is 4.21. The number of nitrogens with one attached hydrogen (secondary N) is 1. The second-order valence-corrected chi connectivity index (χ2v) is 7.78. The molecule has 3 aromatic rings. The fourth-order valence-electron chi connectivity index (χ4n) is 2.87. The second kappa shape index (κ2) is 8.35. The van der Waals surface area contributed by atoms with Crippen molar-refractivity contribution in [3.63, 3.8) is 0 Å². The molecule has 140 valence electrons. The Kier molecular flexibility index (Phi) is 5.91. The number of hydrogen-bond donors (Lipinski definition) is 1. The van der Waals surface area contributed by atoms with Gasteiger partial charge in [-0.2, -0.15) is 0 Å². The molecule has 5 heteroatoms. The molecule has 1 unspecified atom stereocenters. The number of aromatic nitrogens is 1. The number of hydrogen-bond acceptors (Lipinski definition) is 4. The first kappa shape index (κ1) is 19.1. The first-order chi connectivity index (χ1) is 12.9. The number of carbonyl (C=O) groups is 1. The molecular weight excluding hydrogens is 356 g/mol. The van der Waals surface area contributed by atoms with Gasteiger partial charge in [0.2, 0.25) is 0 Å². The summed E-state index contributed by atoms with van der Waals surface area (Å²) in [6.07, 6.45) is -0.562. The van der Waals surface area contributed by atoms with Gasteiger partial charge in [0.05, 0.1) is 12.2 Å². The van der Waals surface area contributed by atoms with Crippen molar-refractivity contribution in [1.29, 1.82) is 0 Å². The predicted molar refractivity (Wildman–Crippen MR) is 110 cm³/mol. The van der Waals surface area contributed by atoms with Gasteiger partial charge < -0.3 is 10.1 Å². The van der Waals surface area contributed by atoms with Crippen molar-refractivity contribution in [1.82, 2.24) is 10.3 Å². The number of amides is 1. The van der Waals surface area contributed by atoms with Crippen molar-refractivity contribution in [3.8, 4) is 16.3 Å². The lowest BCUT2D eigenvalue weighted by Crippen LogP contribution is -2.35. The van der Waals surface area contributed by atoms with Gasteiger partial charge in [0.25, 0.3) is 5.91 Å². The minimum absolute atomic E-state index is 0.136. The Bertz CT molecular complexity index is 914. The van der Waals surface area contributed by atoms with Gasteiger partial charge in [-0.15, -0.1) is 11.3 Å². The molecule has 1 N–H and O–H groups in total. The lowest BCUT2D eigenvalue weighted by molar-refractivity contribution is -0.127. The highest BCUT2D eigenvalue weighted by atomic mass is 32.1. The van der Waals surface area contributed by atoms with E-state index in [2.05, 4.69) is 16.4 Å². The van der Waals surface area contributed by atoms with E-state index < -0.39 is 6.10 Å². The quantitative estimate of drug-likeness (QED) is 0.667. The molecule has 0 aliphatic carbocycles. The highest BCUT2D eigenvalue weighted by molar-refractivity contribution is 7.15. The van der Waals surface area contributed by atoms with Crippen molar-refractivity contribution in [2.45, 2.75) is 40.3 Å². The molecule has 1 atom stereocenters. The fraction of sp³-hybridized carbons (Fsp3) is 0.273. The Morgan fingerprint density at radius 1 is 1.11 bits per heavy atom. The number of benzene rings is 2. The van der Waals surface area contributed by atoms with Crippen molar-refractivity contribution < 1.29 is 9.53 Å². The Balaban J connectivity index is 1.61. The zero-order valence-electron chi connectivity index (χ0n) is 16.1. The predicted octanol–water partition coefficient (Wildman–Crippen LogP) is 4.82. The molecule has 1 aromatic heterocycles. The van der Waals surface area contributed by atoms with Gasteiger partial charge in [-0.25, -0.2) is 4.98 Å². The number of carbonyl (C=O) groups excluding carboxylic acids is 1. The molecule has 1 amide bonds. The van der Waals surface area contributed by atoms with Gasteiger partial charge in [-0.05, 0) is 51.0 Å². The zero-order chi connectivity index (χ0) is 19.4. The lowest BCUT2D eigenvalue weighted by Gasteiger charge is -2.15. The van der Waals surface area contributed by atoms with Gasteiger partial charge in [-0.1, -0.05) is 36.4 Å². The van der Waals surface area contributed by atoms with Gasteiger partial charge >= 0.3 is 0 Å². The molecule has 3 rings (SSSR count). The lowest BCUT2D eigenvalue weighted by atomic mass is 10.1. The van der Waals surface area contributed by atoms with E-state index >= 15 is 0 Å². The van der Waals surface area contributed by atoms with Gasteiger partial charge in [0.15, 0.2) is 6.10 Å². The van der Waals surface area contributed by atoms with E-state index in [1.165, 1.54) is 0 Å². The third-order valence-corrected chi connectivity index (χ3v) is 5.42. The summed E-state index contributed by atoms with van der Waals surface area (Å²) in [6.45, 7) is 8.22. The van der Waals surface area contributed by atoms with Crippen LogP contribution in [-0.4, -0.2) is 17.0 Å².